The molecule has 0 unspecified atom stereocenters. The second kappa shape index (κ2) is 8.18. The Hall–Kier alpha value is -0.920. The van der Waals surface area contributed by atoms with Crippen molar-refractivity contribution < 1.29 is 9.59 Å². The average molecular weight is 168 g/mol. The van der Waals surface area contributed by atoms with Gasteiger partial charge in [-0.25, -0.2) is 0 Å². The molecule has 68 valence electrons. The second-order valence-corrected chi connectivity index (χ2v) is 2.74. The minimum absolute atomic E-state index is 0.0181. The zero-order chi connectivity index (χ0) is 9.23. The fraction of sp³-hybridized carbons (Fsp3) is 0.600. The largest absolute Gasteiger partial charge is 0.303 e. The maximum Gasteiger partial charge on any atom is 0.162 e. The van der Waals surface area contributed by atoms with E-state index in [1.165, 1.54) is 18.9 Å². The molecule has 0 aliphatic rings. The summed E-state index contributed by atoms with van der Waals surface area (Å²) in [5.74, 6) is -0.0958. The Bertz CT molecular complexity index is 159. The van der Waals surface area contributed by atoms with Crippen molar-refractivity contribution in [1.82, 2.24) is 0 Å². The van der Waals surface area contributed by atoms with Gasteiger partial charge in [-0.2, -0.15) is 0 Å². The van der Waals surface area contributed by atoms with Gasteiger partial charge in [0.2, 0.25) is 0 Å². The summed E-state index contributed by atoms with van der Waals surface area (Å²) >= 11 is 0. The molecule has 2 heteroatoms. The summed E-state index contributed by atoms with van der Waals surface area (Å²) < 4.78 is 0. The van der Waals surface area contributed by atoms with Crippen LogP contribution in [0.3, 0.4) is 0 Å². The van der Waals surface area contributed by atoms with E-state index in [4.69, 9.17) is 0 Å². The van der Waals surface area contributed by atoms with E-state index in [-0.39, 0.29) is 12.2 Å². The predicted octanol–water partition coefficient (Wildman–Crippen LogP) is 2.28. The lowest BCUT2D eigenvalue weighted by Gasteiger charge is -1.90. The number of carbonyl (C=O) groups excluding carboxylic acids is 2. The molecular formula is C10H16O2. The molecule has 12 heavy (non-hydrogen) atoms. The highest BCUT2D eigenvalue weighted by Gasteiger charge is 1.91. The number of unbranched alkanes of at least 4 members (excludes halogenated alkanes) is 3. The molecule has 0 heterocycles. The smallest absolute Gasteiger partial charge is 0.162 e. The van der Waals surface area contributed by atoms with Crippen molar-refractivity contribution in [2.24, 2.45) is 0 Å². The van der Waals surface area contributed by atoms with Gasteiger partial charge in [0.15, 0.2) is 5.78 Å². The first-order chi connectivity index (χ1) is 5.81. The van der Waals surface area contributed by atoms with E-state index in [9.17, 15) is 9.59 Å². The first kappa shape index (κ1) is 11.1. The summed E-state index contributed by atoms with van der Waals surface area (Å²) in [6.07, 6.45) is 8.47. The van der Waals surface area contributed by atoms with Crippen LogP contribution in [0, 0.1) is 0 Å². The number of hydrogen-bond acceptors (Lipinski definition) is 2. The molecule has 0 saturated carbocycles. The van der Waals surface area contributed by atoms with E-state index in [1.807, 2.05) is 6.08 Å². The quantitative estimate of drug-likeness (QED) is 0.253. The molecule has 0 aliphatic heterocycles. The Morgan fingerprint density at radius 1 is 1.33 bits per heavy atom. The number of allylic oxidation sites excluding steroid dienone is 2. The zero-order valence-electron chi connectivity index (χ0n) is 7.58. The fourth-order valence-electron chi connectivity index (χ4n) is 0.877. The van der Waals surface area contributed by atoms with E-state index in [0.717, 1.165) is 12.8 Å². The van der Waals surface area contributed by atoms with Gasteiger partial charge in [-0.05, 0) is 18.9 Å². The molecule has 0 aromatic carbocycles. The molecule has 0 rings (SSSR count). The number of hydrogen-bond donors (Lipinski definition) is 0. The van der Waals surface area contributed by atoms with Gasteiger partial charge in [0.1, 0.15) is 6.29 Å². The Balaban J connectivity index is 3.34. The van der Waals surface area contributed by atoms with Crippen LogP contribution in [0.15, 0.2) is 12.2 Å². The van der Waals surface area contributed by atoms with Crippen LogP contribution in [-0.2, 0) is 9.59 Å². The van der Waals surface area contributed by atoms with Gasteiger partial charge in [0, 0.05) is 0 Å². The minimum Gasteiger partial charge on any atom is -0.303 e. The molecule has 0 radical (unpaired) electrons. The van der Waals surface area contributed by atoms with Crippen molar-refractivity contribution in [3.63, 3.8) is 0 Å². The van der Waals surface area contributed by atoms with Crippen LogP contribution >= 0.6 is 0 Å². The van der Waals surface area contributed by atoms with Gasteiger partial charge in [-0.15, -0.1) is 0 Å². The maximum absolute atomic E-state index is 10.8. The van der Waals surface area contributed by atoms with Crippen LogP contribution in [0.25, 0.3) is 0 Å². The number of ketones is 1. The van der Waals surface area contributed by atoms with Crippen LogP contribution in [0.4, 0.5) is 0 Å². The van der Waals surface area contributed by atoms with E-state index in [1.54, 1.807) is 0 Å². The topological polar surface area (TPSA) is 34.1 Å². The highest BCUT2D eigenvalue weighted by atomic mass is 16.1. The summed E-state index contributed by atoms with van der Waals surface area (Å²) in [7, 11) is 0. The zero-order valence-corrected chi connectivity index (χ0v) is 7.58. The first-order valence-corrected chi connectivity index (χ1v) is 4.44. The SMILES string of the molecule is CCCCC/C=C/C(=O)CC=O. The normalized spacial score (nSPS) is 10.4. The van der Waals surface area contributed by atoms with Crippen molar-refractivity contribution in [3.8, 4) is 0 Å². The lowest BCUT2D eigenvalue weighted by atomic mass is 10.2. The molecule has 0 atom stereocenters. The lowest BCUT2D eigenvalue weighted by Crippen LogP contribution is -1.91. The Morgan fingerprint density at radius 3 is 2.67 bits per heavy atom. The fourth-order valence-corrected chi connectivity index (χ4v) is 0.877. The third-order valence-corrected chi connectivity index (χ3v) is 1.56. The molecule has 0 amide bonds. The Labute approximate surface area is 73.7 Å². The summed E-state index contributed by atoms with van der Waals surface area (Å²) in [4.78, 5) is 20.7. The molecule has 0 spiro atoms. The Kier molecular flexibility index (Phi) is 7.55. The van der Waals surface area contributed by atoms with Gasteiger partial charge < -0.3 is 4.79 Å². The van der Waals surface area contributed by atoms with Crippen LogP contribution < -0.4 is 0 Å². The molecule has 0 N–H and O–H groups in total. The standard InChI is InChI=1S/C10H16O2/c1-2-3-4-5-6-7-10(12)8-9-11/h6-7,9H,2-5,8H2,1H3/b7-6+. The van der Waals surface area contributed by atoms with Gasteiger partial charge in [-0.3, -0.25) is 4.79 Å². The van der Waals surface area contributed by atoms with Gasteiger partial charge in [-0.1, -0.05) is 25.8 Å². The van der Waals surface area contributed by atoms with E-state index in [0.29, 0.717) is 6.29 Å². The number of aldehydes is 1. The van der Waals surface area contributed by atoms with Gasteiger partial charge in [0.25, 0.3) is 0 Å². The van der Waals surface area contributed by atoms with E-state index in [2.05, 4.69) is 6.92 Å². The summed E-state index contributed by atoms with van der Waals surface area (Å²) in [5, 5.41) is 0. The number of carbonyl (C=O) groups is 2. The number of rotatable bonds is 7. The highest BCUT2D eigenvalue weighted by molar-refractivity contribution is 5.97. The molecule has 0 aromatic heterocycles. The second-order valence-electron chi connectivity index (χ2n) is 2.74. The van der Waals surface area contributed by atoms with Crippen molar-refractivity contribution in [2.45, 2.75) is 39.0 Å². The van der Waals surface area contributed by atoms with Crippen LogP contribution in [-0.4, -0.2) is 12.1 Å². The third kappa shape index (κ3) is 7.19. The molecule has 0 saturated heterocycles. The highest BCUT2D eigenvalue weighted by Crippen LogP contribution is 1.99. The average Bonchev–Trinajstić information content (AvgIpc) is 2.05. The van der Waals surface area contributed by atoms with Crippen molar-refractivity contribution in [3.05, 3.63) is 12.2 Å². The van der Waals surface area contributed by atoms with Crippen molar-refractivity contribution in [1.29, 1.82) is 0 Å². The van der Waals surface area contributed by atoms with Crippen LogP contribution in [0.5, 0.6) is 0 Å². The molecule has 0 aromatic rings. The van der Waals surface area contributed by atoms with E-state index >= 15 is 0 Å². The molecule has 0 aliphatic carbocycles. The van der Waals surface area contributed by atoms with Crippen LogP contribution in [0.2, 0.25) is 0 Å². The summed E-state index contributed by atoms with van der Waals surface area (Å²) in [6, 6.07) is 0. The first-order valence-electron chi connectivity index (χ1n) is 4.44. The van der Waals surface area contributed by atoms with Crippen molar-refractivity contribution in [2.75, 3.05) is 0 Å². The maximum atomic E-state index is 10.8. The molecule has 0 fully saturated rings. The summed E-state index contributed by atoms with van der Waals surface area (Å²) in [6.45, 7) is 2.14. The van der Waals surface area contributed by atoms with Crippen LogP contribution in [0.1, 0.15) is 39.0 Å². The van der Waals surface area contributed by atoms with Crippen molar-refractivity contribution >= 4 is 12.1 Å². The van der Waals surface area contributed by atoms with Gasteiger partial charge in [0.05, 0.1) is 6.42 Å². The monoisotopic (exact) mass is 168 g/mol. The molecule has 0 bridgehead atoms. The van der Waals surface area contributed by atoms with E-state index < -0.39 is 0 Å². The summed E-state index contributed by atoms with van der Waals surface area (Å²) in [5.41, 5.74) is 0. The third-order valence-electron chi connectivity index (χ3n) is 1.56. The van der Waals surface area contributed by atoms with Gasteiger partial charge >= 0.3 is 0 Å². The predicted molar refractivity (Wildman–Crippen MR) is 49.0 cm³/mol. The molecular weight excluding hydrogens is 152 g/mol. The molecule has 2 nitrogen and oxygen atoms in total. The Morgan fingerprint density at radius 2 is 2.08 bits per heavy atom. The lowest BCUT2D eigenvalue weighted by molar-refractivity contribution is -0.118. The minimum atomic E-state index is -0.0958.